The fraction of sp³-hybridized carbons (Fsp3) is 0.952. The van der Waals surface area contributed by atoms with Crippen LogP contribution in [-0.4, -0.2) is 29.1 Å². The van der Waals surface area contributed by atoms with Crippen LogP contribution in [0, 0.1) is 0 Å². The first-order valence-electron chi connectivity index (χ1n) is 21.0. The van der Waals surface area contributed by atoms with Gasteiger partial charge in [-0.3, -0.25) is 0 Å². The third-order valence-electron chi connectivity index (χ3n) is 10.3. The number of rotatable bonds is 36. The van der Waals surface area contributed by atoms with Gasteiger partial charge in [0, 0.05) is 25.5 Å². The summed E-state index contributed by atoms with van der Waals surface area (Å²) in [5, 5.41) is 0. The second-order valence-corrected chi connectivity index (χ2v) is 14.6. The molecule has 0 radical (unpaired) electrons. The van der Waals surface area contributed by atoms with Crippen molar-refractivity contribution >= 4 is 0 Å². The molecule has 0 amide bonds. The minimum absolute atomic E-state index is 0.639. The quantitative estimate of drug-likeness (QED) is 0.0646. The van der Waals surface area contributed by atoms with E-state index in [1.807, 2.05) is 0 Å². The zero-order chi connectivity index (χ0) is 31.6. The van der Waals surface area contributed by atoms with Crippen LogP contribution in [0.2, 0.25) is 0 Å². The second kappa shape index (κ2) is 33.7. The molecule has 1 heterocycles. The summed E-state index contributed by atoms with van der Waals surface area (Å²) in [5.41, 5.74) is 0. The normalized spacial score (nSPS) is 14.8. The first kappa shape index (κ1) is 41.4. The van der Waals surface area contributed by atoms with Crippen molar-refractivity contribution in [1.29, 1.82) is 0 Å². The molecule has 2 heteroatoms. The van der Waals surface area contributed by atoms with Crippen molar-refractivity contribution in [3.05, 3.63) is 12.4 Å². The second-order valence-electron chi connectivity index (χ2n) is 14.6. The van der Waals surface area contributed by atoms with Crippen LogP contribution in [0.15, 0.2) is 12.4 Å². The van der Waals surface area contributed by atoms with Gasteiger partial charge < -0.3 is 9.80 Å². The van der Waals surface area contributed by atoms with Crippen LogP contribution in [-0.2, 0) is 0 Å². The van der Waals surface area contributed by atoms with E-state index in [9.17, 15) is 0 Å². The predicted octanol–water partition coefficient (Wildman–Crippen LogP) is 14.7. The maximum absolute atomic E-state index is 2.71. The fourth-order valence-corrected chi connectivity index (χ4v) is 7.25. The Morgan fingerprint density at radius 1 is 0.295 bits per heavy atom. The molecule has 1 unspecified atom stereocenters. The van der Waals surface area contributed by atoms with Crippen LogP contribution < -0.4 is 0 Å². The van der Waals surface area contributed by atoms with E-state index in [0.29, 0.717) is 6.17 Å². The van der Waals surface area contributed by atoms with E-state index in [-0.39, 0.29) is 0 Å². The summed E-state index contributed by atoms with van der Waals surface area (Å²) in [7, 11) is 0. The molecule has 0 saturated heterocycles. The summed E-state index contributed by atoms with van der Waals surface area (Å²) in [6.07, 6.45) is 54.4. The van der Waals surface area contributed by atoms with Gasteiger partial charge in [-0.25, -0.2) is 0 Å². The average Bonchev–Trinajstić information content (AvgIpc) is 3.42. The molecule has 0 aromatic rings. The van der Waals surface area contributed by atoms with Crippen molar-refractivity contribution in [2.75, 3.05) is 13.1 Å². The topological polar surface area (TPSA) is 6.48 Å². The highest BCUT2D eigenvalue weighted by Crippen LogP contribution is 2.24. The third kappa shape index (κ3) is 25.5. The van der Waals surface area contributed by atoms with Crippen molar-refractivity contribution in [2.45, 2.75) is 245 Å². The van der Waals surface area contributed by atoms with Gasteiger partial charge in [-0.1, -0.05) is 213 Å². The Kier molecular flexibility index (Phi) is 31.7. The maximum atomic E-state index is 2.71. The van der Waals surface area contributed by atoms with Gasteiger partial charge >= 0.3 is 0 Å². The van der Waals surface area contributed by atoms with E-state index >= 15 is 0 Å². The van der Waals surface area contributed by atoms with Crippen LogP contribution in [0.3, 0.4) is 0 Å². The minimum atomic E-state index is 0.639. The molecule has 44 heavy (non-hydrogen) atoms. The Labute approximate surface area is 280 Å². The van der Waals surface area contributed by atoms with Gasteiger partial charge in [-0.15, -0.1) is 0 Å². The van der Waals surface area contributed by atoms with E-state index < -0.39 is 0 Å². The SMILES string of the molecule is CCCCCCCCCCCCCCCCCN1C=CN(CCCCCCCCCCCCCCCC)C1CCCCCC. The van der Waals surface area contributed by atoms with Gasteiger partial charge in [0.05, 0.1) is 0 Å². The molecule has 262 valence electrons. The Hall–Kier alpha value is -0.660. The highest BCUT2D eigenvalue weighted by atomic mass is 15.4. The van der Waals surface area contributed by atoms with Crippen molar-refractivity contribution < 1.29 is 0 Å². The predicted molar refractivity (Wildman–Crippen MR) is 200 cm³/mol. The lowest BCUT2D eigenvalue weighted by atomic mass is 10.0. The van der Waals surface area contributed by atoms with E-state index in [0.717, 1.165) is 0 Å². The van der Waals surface area contributed by atoms with Gasteiger partial charge in [0.15, 0.2) is 0 Å². The molecule has 0 bridgehead atoms. The zero-order valence-corrected chi connectivity index (χ0v) is 31.1. The average molecular weight is 617 g/mol. The number of hydrogen-bond donors (Lipinski definition) is 0. The molecule has 2 nitrogen and oxygen atoms in total. The van der Waals surface area contributed by atoms with Gasteiger partial charge in [0.25, 0.3) is 0 Å². The summed E-state index contributed by atoms with van der Waals surface area (Å²) >= 11 is 0. The third-order valence-corrected chi connectivity index (χ3v) is 10.3. The molecule has 0 N–H and O–H groups in total. The standard InChI is InChI=1S/C42H84N2/c1-4-7-10-13-15-17-19-21-23-25-27-29-31-33-36-39-44-41-40-43(42(44)37-34-12-9-6-3)38-35-32-30-28-26-24-22-20-18-16-14-11-8-5-2/h40-42H,4-39H2,1-3H3. The molecule has 1 aliphatic heterocycles. The van der Waals surface area contributed by atoms with Gasteiger partial charge in [0.2, 0.25) is 0 Å². The van der Waals surface area contributed by atoms with Crippen LogP contribution in [0.25, 0.3) is 0 Å². The molecule has 1 aliphatic rings. The van der Waals surface area contributed by atoms with Crippen LogP contribution in [0.1, 0.15) is 239 Å². The van der Waals surface area contributed by atoms with Crippen molar-refractivity contribution in [3.63, 3.8) is 0 Å². The van der Waals surface area contributed by atoms with Crippen molar-refractivity contribution in [1.82, 2.24) is 9.80 Å². The highest BCUT2D eigenvalue weighted by Gasteiger charge is 2.24. The lowest BCUT2D eigenvalue weighted by molar-refractivity contribution is 0.135. The largest absolute Gasteiger partial charge is 0.356 e. The summed E-state index contributed by atoms with van der Waals surface area (Å²) in [6.45, 7) is 9.49. The molecule has 0 aromatic carbocycles. The molecule has 0 saturated carbocycles. The van der Waals surface area contributed by atoms with Crippen LogP contribution >= 0.6 is 0 Å². The van der Waals surface area contributed by atoms with E-state index in [4.69, 9.17) is 0 Å². The molecule has 0 aromatic heterocycles. The number of nitrogens with zero attached hydrogens (tertiary/aromatic N) is 2. The van der Waals surface area contributed by atoms with Crippen LogP contribution in [0.4, 0.5) is 0 Å². The first-order chi connectivity index (χ1) is 21.8. The lowest BCUT2D eigenvalue weighted by Gasteiger charge is -2.33. The van der Waals surface area contributed by atoms with Crippen LogP contribution in [0.5, 0.6) is 0 Å². The fourth-order valence-electron chi connectivity index (χ4n) is 7.25. The molecular weight excluding hydrogens is 532 g/mol. The van der Waals surface area contributed by atoms with E-state index in [2.05, 4.69) is 43.0 Å². The summed E-state index contributed by atoms with van der Waals surface area (Å²) in [4.78, 5) is 5.41. The number of unbranched alkanes of at least 4 members (excludes halogenated alkanes) is 30. The smallest absolute Gasteiger partial charge is 0.101 e. The van der Waals surface area contributed by atoms with E-state index in [1.54, 1.807) is 0 Å². The monoisotopic (exact) mass is 617 g/mol. The molecule has 0 fully saturated rings. The molecule has 1 atom stereocenters. The summed E-state index contributed by atoms with van der Waals surface area (Å²) in [6, 6.07) is 0. The minimum Gasteiger partial charge on any atom is -0.356 e. The number of hydrogen-bond acceptors (Lipinski definition) is 2. The first-order valence-corrected chi connectivity index (χ1v) is 21.0. The Morgan fingerprint density at radius 2 is 0.523 bits per heavy atom. The van der Waals surface area contributed by atoms with Gasteiger partial charge in [-0.05, 0) is 25.7 Å². The zero-order valence-electron chi connectivity index (χ0n) is 31.1. The van der Waals surface area contributed by atoms with Gasteiger partial charge in [-0.2, -0.15) is 0 Å². The Morgan fingerprint density at radius 3 is 0.795 bits per heavy atom. The molecule has 1 rings (SSSR count). The maximum Gasteiger partial charge on any atom is 0.101 e. The Bertz CT molecular complexity index is 572. The molecule has 0 aliphatic carbocycles. The molecular formula is C42H84N2. The van der Waals surface area contributed by atoms with Crippen molar-refractivity contribution in [3.8, 4) is 0 Å². The van der Waals surface area contributed by atoms with E-state index in [1.165, 1.54) is 231 Å². The van der Waals surface area contributed by atoms with Crippen molar-refractivity contribution in [2.24, 2.45) is 0 Å². The van der Waals surface area contributed by atoms with Gasteiger partial charge in [0.1, 0.15) is 6.17 Å². The summed E-state index contributed by atoms with van der Waals surface area (Å²) < 4.78 is 0. The molecule has 0 spiro atoms. The summed E-state index contributed by atoms with van der Waals surface area (Å²) in [5.74, 6) is 0. The lowest BCUT2D eigenvalue weighted by Crippen LogP contribution is -2.39. The Balaban J connectivity index is 2.06. The highest BCUT2D eigenvalue weighted by molar-refractivity contribution is 4.97.